The van der Waals surface area contributed by atoms with Gasteiger partial charge in [-0.25, -0.2) is 9.80 Å². The number of benzene rings is 4. The molecule has 0 saturated carbocycles. The molecule has 0 radical (unpaired) electrons. The van der Waals surface area contributed by atoms with Crippen LogP contribution in [0.1, 0.15) is 51.3 Å². The van der Waals surface area contributed by atoms with Gasteiger partial charge in [0, 0.05) is 22.0 Å². The number of hydrogen-bond acceptors (Lipinski definition) is 7. The number of carbonyl (C=O) groups excluding carboxylic acids is 1. The Morgan fingerprint density at radius 1 is 0.951 bits per heavy atom. The predicted molar refractivity (Wildman–Crippen MR) is 163 cm³/mol. The lowest BCUT2D eigenvalue weighted by molar-refractivity contribution is -0.0192. The summed E-state index contributed by atoms with van der Waals surface area (Å²) in [7, 11) is 3.20. The second-order valence-corrected chi connectivity index (χ2v) is 11.6. The van der Waals surface area contributed by atoms with Crippen LogP contribution >= 0.6 is 31.9 Å². The largest absolute Gasteiger partial charge is 0.497 e. The van der Waals surface area contributed by atoms with Gasteiger partial charge < -0.3 is 18.9 Å². The van der Waals surface area contributed by atoms with Crippen LogP contribution < -0.4 is 18.9 Å². The molecule has 2 atom stereocenters. The van der Waals surface area contributed by atoms with Crippen LogP contribution in [-0.2, 0) is 0 Å². The standard InChI is InChI=1S/C32H26Br2N2O5/c1-18-4-6-20(7-5-18)32(37)41-30-25(34)14-21(15-29(30)39-3)31-36-27(24-16-22(33)10-13-28(24)40-31)17-26(35-36)19-8-11-23(38-2)12-9-19/h4-16,27,31H,17H2,1-3H3/t27-,31-/m0/s1. The van der Waals surface area contributed by atoms with E-state index in [1.807, 2.05) is 72.6 Å². The molecule has 9 heteroatoms. The van der Waals surface area contributed by atoms with Gasteiger partial charge in [-0.05, 0) is 95.1 Å². The first-order valence-corrected chi connectivity index (χ1v) is 14.6. The molecular weight excluding hydrogens is 652 g/mol. The summed E-state index contributed by atoms with van der Waals surface area (Å²) in [4.78, 5) is 12.9. The lowest BCUT2D eigenvalue weighted by Crippen LogP contribution is -2.33. The maximum absolute atomic E-state index is 12.9. The monoisotopic (exact) mass is 676 g/mol. The molecule has 0 aliphatic carbocycles. The van der Waals surface area contributed by atoms with Crippen molar-refractivity contribution in [2.24, 2.45) is 5.10 Å². The molecule has 0 amide bonds. The minimum absolute atomic E-state index is 0.0397. The van der Waals surface area contributed by atoms with Crippen LogP contribution in [0.25, 0.3) is 0 Å². The molecule has 0 fully saturated rings. The SMILES string of the molecule is COc1ccc(C2=NN3[C@@H](C2)c2cc(Br)ccc2O[C@H]3c2cc(Br)c(OC(=O)c3ccc(C)cc3)c(OC)c2)cc1. The number of hydrazone groups is 1. The van der Waals surface area contributed by atoms with Crippen molar-refractivity contribution in [1.82, 2.24) is 5.01 Å². The van der Waals surface area contributed by atoms with E-state index >= 15 is 0 Å². The number of hydrogen-bond donors (Lipinski definition) is 0. The molecule has 6 rings (SSSR count). The molecule has 4 aromatic rings. The average molecular weight is 678 g/mol. The van der Waals surface area contributed by atoms with E-state index < -0.39 is 12.2 Å². The summed E-state index contributed by atoms with van der Waals surface area (Å²) in [5.41, 5.74) is 5.33. The van der Waals surface area contributed by atoms with Crippen LogP contribution in [0.15, 0.2) is 92.9 Å². The van der Waals surface area contributed by atoms with Gasteiger partial charge in [0.1, 0.15) is 11.5 Å². The van der Waals surface area contributed by atoms with E-state index in [1.165, 1.54) is 0 Å². The van der Waals surface area contributed by atoms with Gasteiger partial charge in [-0.15, -0.1) is 0 Å². The van der Waals surface area contributed by atoms with E-state index in [1.54, 1.807) is 26.4 Å². The molecule has 0 saturated heterocycles. The molecule has 0 unspecified atom stereocenters. The highest BCUT2D eigenvalue weighted by atomic mass is 79.9. The van der Waals surface area contributed by atoms with Crippen LogP contribution in [0.3, 0.4) is 0 Å². The normalized spacial score (nSPS) is 17.2. The Morgan fingerprint density at radius 2 is 1.71 bits per heavy atom. The lowest BCUT2D eigenvalue weighted by atomic mass is 9.96. The van der Waals surface area contributed by atoms with Gasteiger partial charge in [0.2, 0.25) is 6.23 Å². The number of fused-ring (bicyclic) bond motifs is 3. The van der Waals surface area contributed by atoms with Crippen molar-refractivity contribution in [3.63, 3.8) is 0 Å². The summed E-state index contributed by atoms with van der Waals surface area (Å²) < 4.78 is 24.9. The van der Waals surface area contributed by atoms with Crippen molar-refractivity contribution in [2.45, 2.75) is 25.6 Å². The number of ether oxygens (including phenoxy) is 4. The summed E-state index contributed by atoms with van der Waals surface area (Å²) in [6, 6.07) is 24.8. The lowest BCUT2D eigenvalue weighted by Gasteiger charge is -2.38. The minimum Gasteiger partial charge on any atom is -0.497 e. The molecule has 208 valence electrons. The molecule has 0 bridgehead atoms. The molecule has 41 heavy (non-hydrogen) atoms. The summed E-state index contributed by atoms with van der Waals surface area (Å²) >= 11 is 7.22. The van der Waals surface area contributed by atoms with Crippen molar-refractivity contribution >= 4 is 43.5 Å². The topological polar surface area (TPSA) is 69.6 Å². The van der Waals surface area contributed by atoms with E-state index in [0.29, 0.717) is 28.0 Å². The van der Waals surface area contributed by atoms with E-state index in [9.17, 15) is 4.79 Å². The zero-order chi connectivity index (χ0) is 28.7. The fraction of sp³-hybridized carbons (Fsp3) is 0.188. The Balaban J connectivity index is 1.37. The average Bonchev–Trinajstić information content (AvgIpc) is 3.44. The Bertz CT molecular complexity index is 1650. The van der Waals surface area contributed by atoms with Crippen molar-refractivity contribution in [3.8, 4) is 23.0 Å². The van der Waals surface area contributed by atoms with Gasteiger partial charge in [0.25, 0.3) is 0 Å². The maximum atomic E-state index is 12.9. The number of esters is 1. The molecule has 2 heterocycles. The molecule has 0 spiro atoms. The van der Waals surface area contributed by atoms with Crippen LogP contribution in [0, 0.1) is 6.92 Å². The van der Waals surface area contributed by atoms with Crippen molar-refractivity contribution in [3.05, 3.63) is 116 Å². The van der Waals surface area contributed by atoms with Crippen LogP contribution in [0.4, 0.5) is 0 Å². The third-order valence-electron chi connectivity index (χ3n) is 7.19. The molecular formula is C32H26Br2N2O5. The molecule has 7 nitrogen and oxygen atoms in total. The number of nitrogens with zero attached hydrogens (tertiary/aromatic N) is 2. The molecule has 0 N–H and O–H groups in total. The van der Waals surface area contributed by atoms with E-state index in [0.717, 1.165) is 43.9 Å². The van der Waals surface area contributed by atoms with Crippen molar-refractivity contribution in [2.75, 3.05) is 14.2 Å². The highest BCUT2D eigenvalue weighted by molar-refractivity contribution is 9.10. The van der Waals surface area contributed by atoms with Crippen molar-refractivity contribution in [1.29, 1.82) is 0 Å². The Morgan fingerprint density at radius 3 is 2.41 bits per heavy atom. The van der Waals surface area contributed by atoms with E-state index in [2.05, 4.69) is 37.9 Å². The second-order valence-electron chi connectivity index (χ2n) is 9.82. The highest BCUT2D eigenvalue weighted by Crippen LogP contribution is 2.50. The molecule has 2 aliphatic rings. The Hall–Kier alpha value is -3.82. The van der Waals surface area contributed by atoms with Crippen molar-refractivity contribution < 1.29 is 23.7 Å². The molecule has 2 aliphatic heterocycles. The summed E-state index contributed by atoms with van der Waals surface area (Å²) in [6.07, 6.45) is 0.164. The minimum atomic E-state index is -0.545. The fourth-order valence-corrected chi connectivity index (χ4v) is 5.98. The highest BCUT2D eigenvalue weighted by Gasteiger charge is 2.41. The molecule has 0 aromatic heterocycles. The number of halogens is 2. The van der Waals surface area contributed by atoms with Gasteiger partial charge in [0.05, 0.1) is 36.0 Å². The van der Waals surface area contributed by atoms with Gasteiger partial charge in [-0.2, -0.15) is 5.10 Å². The molecule has 4 aromatic carbocycles. The van der Waals surface area contributed by atoms with E-state index in [4.69, 9.17) is 24.0 Å². The van der Waals surface area contributed by atoms with Gasteiger partial charge in [-0.3, -0.25) is 0 Å². The number of methoxy groups -OCH3 is 2. The maximum Gasteiger partial charge on any atom is 0.343 e. The Labute approximate surface area is 254 Å². The zero-order valence-electron chi connectivity index (χ0n) is 22.6. The van der Waals surface area contributed by atoms with Crippen LogP contribution in [0.2, 0.25) is 0 Å². The number of aryl methyl sites for hydroxylation is 1. The predicted octanol–water partition coefficient (Wildman–Crippen LogP) is 8.00. The number of rotatable bonds is 6. The first-order valence-electron chi connectivity index (χ1n) is 13.0. The third kappa shape index (κ3) is 5.31. The fourth-order valence-electron chi connectivity index (χ4n) is 5.06. The zero-order valence-corrected chi connectivity index (χ0v) is 25.7. The quantitative estimate of drug-likeness (QED) is 0.152. The van der Waals surface area contributed by atoms with Gasteiger partial charge in [0.15, 0.2) is 11.5 Å². The van der Waals surface area contributed by atoms with Gasteiger partial charge in [-0.1, -0.05) is 33.6 Å². The third-order valence-corrected chi connectivity index (χ3v) is 8.28. The smallest absolute Gasteiger partial charge is 0.343 e. The first-order chi connectivity index (χ1) is 19.8. The second kappa shape index (κ2) is 11.2. The van der Waals surface area contributed by atoms with E-state index in [-0.39, 0.29) is 6.04 Å². The van der Waals surface area contributed by atoms with Gasteiger partial charge >= 0.3 is 5.97 Å². The van der Waals surface area contributed by atoms with Crippen LogP contribution in [0.5, 0.6) is 23.0 Å². The summed E-state index contributed by atoms with van der Waals surface area (Å²) in [6.45, 7) is 1.97. The Kier molecular flexibility index (Phi) is 7.48. The first kappa shape index (κ1) is 27.4. The number of carbonyl (C=O) groups is 1. The van der Waals surface area contributed by atoms with Crippen LogP contribution in [-0.4, -0.2) is 30.9 Å². The summed E-state index contributed by atoms with van der Waals surface area (Å²) in [5, 5.41) is 7.05. The summed E-state index contributed by atoms with van der Waals surface area (Å²) in [5.74, 6) is 1.80.